The third kappa shape index (κ3) is 4.33. The molecule has 2 aromatic carbocycles. The Morgan fingerprint density at radius 3 is 2.67 bits per heavy atom. The van der Waals surface area contributed by atoms with Crippen LogP contribution in [-0.4, -0.2) is 12.6 Å². The summed E-state index contributed by atoms with van der Waals surface area (Å²) in [5, 5.41) is 0. The average Bonchev–Trinajstić information content (AvgIpc) is 2.46. The van der Waals surface area contributed by atoms with E-state index in [-0.39, 0.29) is 5.97 Å². The highest BCUT2D eigenvalue weighted by molar-refractivity contribution is 9.10. The molecule has 0 aliphatic rings. The van der Waals surface area contributed by atoms with Gasteiger partial charge in [0.2, 0.25) is 0 Å². The zero-order valence-corrected chi connectivity index (χ0v) is 13.6. The van der Waals surface area contributed by atoms with Gasteiger partial charge >= 0.3 is 5.97 Å². The molecule has 110 valence electrons. The maximum Gasteiger partial charge on any atom is 0.343 e. The van der Waals surface area contributed by atoms with E-state index in [1.54, 1.807) is 24.3 Å². The Kier molecular flexibility index (Phi) is 5.39. The molecule has 0 saturated heterocycles. The van der Waals surface area contributed by atoms with Gasteiger partial charge in [0.25, 0.3) is 0 Å². The van der Waals surface area contributed by atoms with E-state index in [2.05, 4.69) is 15.9 Å². The van der Waals surface area contributed by atoms with Crippen LogP contribution in [0.15, 0.2) is 46.9 Å². The normalized spacial score (nSPS) is 10.2. The largest absolute Gasteiger partial charge is 0.492 e. The van der Waals surface area contributed by atoms with Crippen molar-refractivity contribution in [2.45, 2.75) is 20.3 Å². The molecule has 0 aromatic heterocycles. The summed E-state index contributed by atoms with van der Waals surface area (Å²) in [6, 6.07) is 12.6. The Hall–Kier alpha value is -1.81. The van der Waals surface area contributed by atoms with Crippen LogP contribution in [0.2, 0.25) is 0 Å². The molecular formula is C17H17BrO3. The second kappa shape index (κ2) is 7.27. The molecule has 21 heavy (non-hydrogen) atoms. The highest BCUT2D eigenvalue weighted by Crippen LogP contribution is 2.27. The lowest BCUT2D eigenvalue weighted by molar-refractivity contribution is 0.0734. The van der Waals surface area contributed by atoms with Crippen molar-refractivity contribution in [3.05, 3.63) is 58.1 Å². The van der Waals surface area contributed by atoms with Crippen LogP contribution >= 0.6 is 15.9 Å². The minimum atomic E-state index is -0.386. The second-order valence-corrected chi connectivity index (χ2v) is 5.55. The number of hydrogen-bond donors (Lipinski definition) is 0. The van der Waals surface area contributed by atoms with Gasteiger partial charge in [-0.1, -0.05) is 19.1 Å². The SMILES string of the molecule is CCCOc1ccc(C(=O)Oc2cccc(C)c2)cc1Br. The highest BCUT2D eigenvalue weighted by atomic mass is 79.9. The van der Waals surface area contributed by atoms with Crippen LogP contribution in [0.25, 0.3) is 0 Å². The first-order valence-electron chi connectivity index (χ1n) is 6.81. The molecule has 0 saturated carbocycles. The third-order valence-electron chi connectivity index (χ3n) is 2.83. The Morgan fingerprint density at radius 1 is 1.19 bits per heavy atom. The molecule has 0 heterocycles. The van der Waals surface area contributed by atoms with Crippen molar-refractivity contribution >= 4 is 21.9 Å². The molecule has 2 aromatic rings. The van der Waals surface area contributed by atoms with E-state index in [4.69, 9.17) is 9.47 Å². The molecule has 0 aliphatic heterocycles. The highest BCUT2D eigenvalue weighted by Gasteiger charge is 2.11. The summed E-state index contributed by atoms with van der Waals surface area (Å²) in [7, 11) is 0. The second-order valence-electron chi connectivity index (χ2n) is 4.70. The quantitative estimate of drug-likeness (QED) is 0.576. The standard InChI is InChI=1S/C17H17BrO3/c1-3-9-20-16-8-7-13(11-15(16)18)17(19)21-14-6-4-5-12(2)10-14/h4-8,10-11H,3,9H2,1-2H3. The molecular weight excluding hydrogens is 332 g/mol. The van der Waals surface area contributed by atoms with Gasteiger partial charge in [-0.15, -0.1) is 0 Å². The molecule has 0 radical (unpaired) electrons. The fraction of sp³-hybridized carbons (Fsp3) is 0.235. The van der Waals surface area contributed by atoms with Crippen molar-refractivity contribution in [3.8, 4) is 11.5 Å². The predicted octanol–water partition coefficient (Wildman–Crippen LogP) is 4.77. The van der Waals surface area contributed by atoms with Crippen molar-refractivity contribution in [3.63, 3.8) is 0 Å². The number of ether oxygens (including phenoxy) is 2. The molecule has 0 amide bonds. The van der Waals surface area contributed by atoms with Gasteiger partial charge in [0.15, 0.2) is 0 Å². The molecule has 0 fully saturated rings. The first-order valence-corrected chi connectivity index (χ1v) is 7.60. The molecule has 0 unspecified atom stereocenters. The van der Waals surface area contributed by atoms with Crippen LogP contribution in [0.3, 0.4) is 0 Å². The van der Waals surface area contributed by atoms with Gasteiger partial charge in [-0.3, -0.25) is 0 Å². The van der Waals surface area contributed by atoms with E-state index < -0.39 is 0 Å². The smallest absolute Gasteiger partial charge is 0.343 e. The zero-order valence-electron chi connectivity index (χ0n) is 12.1. The maximum absolute atomic E-state index is 12.1. The van der Waals surface area contributed by atoms with E-state index >= 15 is 0 Å². The lowest BCUT2D eigenvalue weighted by atomic mass is 10.2. The van der Waals surface area contributed by atoms with Crippen molar-refractivity contribution < 1.29 is 14.3 Å². The average molecular weight is 349 g/mol. The Morgan fingerprint density at radius 2 is 2.00 bits per heavy atom. The van der Waals surface area contributed by atoms with Gasteiger partial charge in [0.05, 0.1) is 16.6 Å². The van der Waals surface area contributed by atoms with Crippen LogP contribution in [0, 0.1) is 6.92 Å². The molecule has 4 heteroatoms. The fourth-order valence-corrected chi connectivity index (χ4v) is 2.29. The van der Waals surface area contributed by atoms with E-state index in [0.29, 0.717) is 17.9 Å². The minimum absolute atomic E-state index is 0.386. The van der Waals surface area contributed by atoms with Crippen LogP contribution in [0.1, 0.15) is 29.3 Å². The van der Waals surface area contributed by atoms with Crippen molar-refractivity contribution in [1.82, 2.24) is 0 Å². The lowest BCUT2D eigenvalue weighted by Crippen LogP contribution is -2.08. The topological polar surface area (TPSA) is 35.5 Å². The maximum atomic E-state index is 12.1. The summed E-state index contributed by atoms with van der Waals surface area (Å²) in [6.07, 6.45) is 0.934. The van der Waals surface area contributed by atoms with E-state index in [1.807, 2.05) is 32.0 Å². The third-order valence-corrected chi connectivity index (χ3v) is 3.45. The van der Waals surface area contributed by atoms with Crippen LogP contribution < -0.4 is 9.47 Å². The first-order chi connectivity index (χ1) is 10.1. The van der Waals surface area contributed by atoms with E-state index in [1.165, 1.54) is 0 Å². The number of esters is 1. The number of benzene rings is 2. The number of rotatable bonds is 5. The molecule has 0 aliphatic carbocycles. The minimum Gasteiger partial charge on any atom is -0.492 e. The number of halogens is 1. The summed E-state index contributed by atoms with van der Waals surface area (Å²) in [5.74, 6) is 0.884. The number of aryl methyl sites for hydroxylation is 1. The summed E-state index contributed by atoms with van der Waals surface area (Å²) < 4.78 is 11.7. The molecule has 0 bridgehead atoms. The van der Waals surface area contributed by atoms with Gasteiger partial charge in [0, 0.05) is 0 Å². The number of carbonyl (C=O) groups excluding carboxylic acids is 1. The van der Waals surface area contributed by atoms with Gasteiger partial charge in [-0.2, -0.15) is 0 Å². The van der Waals surface area contributed by atoms with Crippen LogP contribution in [0.4, 0.5) is 0 Å². The Bertz CT molecular complexity index is 638. The number of carbonyl (C=O) groups is 1. The van der Waals surface area contributed by atoms with Crippen LogP contribution in [0.5, 0.6) is 11.5 Å². The predicted molar refractivity (Wildman–Crippen MR) is 86.1 cm³/mol. The van der Waals surface area contributed by atoms with E-state index in [0.717, 1.165) is 22.2 Å². The Balaban J connectivity index is 2.11. The van der Waals surface area contributed by atoms with Crippen molar-refractivity contribution in [1.29, 1.82) is 0 Å². The summed E-state index contributed by atoms with van der Waals surface area (Å²) >= 11 is 3.41. The zero-order chi connectivity index (χ0) is 15.2. The van der Waals surface area contributed by atoms with Crippen molar-refractivity contribution in [2.75, 3.05) is 6.61 Å². The van der Waals surface area contributed by atoms with Crippen molar-refractivity contribution in [2.24, 2.45) is 0 Å². The molecule has 0 spiro atoms. The van der Waals surface area contributed by atoms with Gasteiger partial charge in [-0.05, 0) is 65.2 Å². The van der Waals surface area contributed by atoms with Gasteiger partial charge < -0.3 is 9.47 Å². The fourth-order valence-electron chi connectivity index (χ4n) is 1.80. The lowest BCUT2D eigenvalue weighted by Gasteiger charge is -2.09. The molecule has 0 atom stereocenters. The van der Waals surface area contributed by atoms with Gasteiger partial charge in [-0.25, -0.2) is 4.79 Å². The Labute approximate surface area is 133 Å². The molecule has 3 nitrogen and oxygen atoms in total. The monoisotopic (exact) mass is 348 g/mol. The van der Waals surface area contributed by atoms with E-state index in [9.17, 15) is 4.79 Å². The summed E-state index contributed by atoms with van der Waals surface area (Å²) in [4.78, 5) is 12.1. The molecule has 0 N–H and O–H groups in total. The van der Waals surface area contributed by atoms with Crippen LogP contribution in [-0.2, 0) is 0 Å². The number of hydrogen-bond acceptors (Lipinski definition) is 3. The summed E-state index contributed by atoms with van der Waals surface area (Å²) in [5.41, 5.74) is 1.53. The molecule has 2 rings (SSSR count). The van der Waals surface area contributed by atoms with Gasteiger partial charge in [0.1, 0.15) is 11.5 Å². The summed E-state index contributed by atoms with van der Waals surface area (Å²) in [6.45, 7) is 4.64. The first kappa shape index (κ1) is 15.6.